The molecule has 1 N–H and O–H groups in total. The Morgan fingerprint density at radius 3 is 2.33 bits per heavy atom. The summed E-state index contributed by atoms with van der Waals surface area (Å²) in [6, 6.07) is 15.5. The fourth-order valence-corrected chi connectivity index (χ4v) is 5.13. The van der Waals surface area contributed by atoms with Crippen LogP contribution in [0.3, 0.4) is 0 Å². The van der Waals surface area contributed by atoms with Gasteiger partial charge >= 0.3 is 0 Å². The Kier molecular flexibility index (Phi) is 10.1. The van der Waals surface area contributed by atoms with Crippen LogP contribution in [0.1, 0.15) is 50.2 Å². The normalized spacial score (nSPS) is 15.0. The molecule has 2 aromatic rings. The van der Waals surface area contributed by atoms with Crippen molar-refractivity contribution in [3.8, 4) is 5.75 Å². The molecule has 2 aromatic carbocycles. The van der Waals surface area contributed by atoms with Crippen LogP contribution >= 0.6 is 27.7 Å². The molecule has 0 bridgehead atoms. The highest BCUT2D eigenvalue weighted by molar-refractivity contribution is 9.10. The summed E-state index contributed by atoms with van der Waals surface area (Å²) in [6.07, 6.45) is 5.59. The van der Waals surface area contributed by atoms with Gasteiger partial charge in [0.25, 0.3) is 0 Å². The van der Waals surface area contributed by atoms with Gasteiger partial charge < -0.3 is 15.0 Å². The molecule has 2 amide bonds. The van der Waals surface area contributed by atoms with Crippen molar-refractivity contribution in [3.63, 3.8) is 0 Å². The highest BCUT2D eigenvalue weighted by Crippen LogP contribution is 2.21. The molecule has 3 rings (SSSR count). The first-order valence-electron chi connectivity index (χ1n) is 11.5. The summed E-state index contributed by atoms with van der Waals surface area (Å²) in [7, 11) is 1.63. The number of hydrogen-bond acceptors (Lipinski definition) is 4. The molecule has 0 spiro atoms. The van der Waals surface area contributed by atoms with Crippen LogP contribution < -0.4 is 10.1 Å². The van der Waals surface area contributed by atoms with E-state index in [9.17, 15) is 9.59 Å². The summed E-state index contributed by atoms with van der Waals surface area (Å²) < 4.78 is 6.28. The molecule has 33 heavy (non-hydrogen) atoms. The predicted octanol–water partition coefficient (Wildman–Crippen LogP) is 5.56. The van der Waals surface area contributed by atoms with Gasteiger partial charge in [0.2, 0.25) is 11.8 Å². The lowest BCUT2D eigenvalue weighted by molar-refractivity contribution is -0.139. The number of hydrogen-bond donors (Lipinski definition) is 1. The van der Waals surface area contributed by atoms with E-state index in [0.717, 1.165) is 47.2 Å². The first-order valence-corrected chi connectivity index (χ1v) is 13.5. The van der Waals surface area contributed by atoms with Crippen LogP contribution in [0.25, 0.3) is 0 Å². The van der Waals surface area contributed by atoms with E-state index in [1.54, 1.807) is 23.8 Å². The first kappa shape index (κ1) is 25.6. The molecule has 1 saturated carbocycles. The average molecular weight is 534 g/mol. The third kappa shape index (κ3) is 8.07. The molecule has 5 nitrogen and oxygen atoms in total. The molecule has 0 heterocycles. The van der Waals surface area contributed by atoms with Crippen molar-refractivity contribution < 1.29 is 14.3 Å². The van der Waals surface area contributed by atoms with Crippen LogP contribution in [0.5, 0.6) is 5.75 Å². The fourth-order valence-electron chi connectivity index (χ4n) is 4.00. The second kappa shape index (κ2) is 13.0. The number of carbonyl (C=O) groups is 2. The second-order valence-corrected chi connectivity index (χ2v) is 10.4. The number of thioether (sulfide) groups is 1. The minimum absolute atomic E-state index is 0.0285. The van der Waals surface area contributed by atoms with Gasteiger partial charge in [0.15, 0.2) is 0 Å². The summed E-state index contributed by atoms with van der Waals surface area (Å²) in [6.45, 7) is 2.22. The van der Waals surface area contributed by atoms with Crippen LogP contribution in [-0.2, 0) is 21.9 Å². The van der Waals surface area contributed by atoms with E-state index in [4.69, 9.17) is 4.74 Å². The summed E-state index contributed by atoms with van der Waals surface area (Å²) in [4.78, 5) is 28.0. The third-order valence-electron chi connectivity index (χ3n) is 6.04. The monoisotopic (exact) mass is 532 g/mol. The van der Waals surface area contributed by atoms with E-state index < -0.39 is 6.04 Å². The van der Waals surface area contributed by atoms with Crippen LogP contribution in [-0.4, -0.2) is 41.7 Å². The summed E-state index contributed by atoms with van der Waals surface area (Å²) in [5.41, 5.74) is 2.14. The lowest BCUT2D eigenvalue weighted by atomic mass is 9.95. The maximum Gasteiger partial charge on any atom is 0.242 e. The summed E-state index contributed by atoms with van der Waals surface area (Å²) in [5, 5.41) is 3.18. The van der Waals surface area contributed by atoms with Gasteiger partial charge in [-0.2, -0.15) is 0 Å². The van der Waals surface area contributed by atoms with E-state index >= 15 is 0 Å². The van der Waals surface area contributed by atoms with Gasteiger partial charge in [-0.3, -0.25) is 9.59 Å². The van der Waals surface area contributed by atoms with Crippen LogP contribution in [0.15, 0.2) is 53.0 Å². The van der Waals surface area contributed by atoms with Gasteiger partial charge in [0, 0.05) is 22.8 Å². The molecule has 1 atom stereocenters. The van der Waals surface area contributed by atoms with E-state index in [-0.39, 0.29) is 17.9 Å². The van der Waals surface area contributed by atoms with Gasteiger partial charge in [0.05, 0.1) is 12.9 Å². The lowest BCUT2D eigenvalue weighted by Crippen LogP contribution is -2.50. The predicted molar refractivity (Wildman–Crippen MR) is 138 cm³/mol. The minimum atomic E-state index is -0.533. The van der Waals surface area contributed by atoms with E-state index in [0.29, 0.717) is 12.3 Å². The standard InChI is InChI=1S/C26H33BrN2O3S/c1-19(26(31)28-23-6-4-3-5-7-23)29(16-20-10-14-24(32-2)15-11-20)25(30)18-33-17-21-8-12-22(27)13-9-21/h8-15,19,23H,3-7,16-18H2,1-2H3,(H,28,31)/t19-/m1/s1. The molecule has 0 unspecified atom stereocenters. The van der Waals surface area contributed by atoms with Crippen LogP contribution in [0.4, 0.5) is 0 Å². The quantitative estimate of drug-likeness (QED) is 0.435. The molecule has 0 aromatic heterocycles. The highest BCUT2D eigenvalue weighted by atomic mass is 79.9. The number of rotatable bonds is 10. The average Bonchev–Trinajstić information content (AvgIpc) is 2.84. The van der Waals surface area contributed by atoms with Crippen LogP contribution in [0, 0.1) is 0 Å². The molecule has 7 heteroatoms. The van der Waals surface area contributed by atoms with Gasteiger partial charge in [-0.05, 0) is 55.2 Å². The zero-order valence-corrected chi connectivity index (χ0v) is 21.8. The lowest BCUT2D eigenvalue weighted by Gasteiger charge is -2.31. The maximum atomic E-state index is 13.2. The van der Waals surface area contributed by atoms with Crippen molar-refractivity contribution in [3.05, 3.63) is 64.1 Å². The number of nitrogens with zero attached hydrogens (tertiary/aromatic N) is 1. The fraction of sp³-hybridized carbons (Fsp3) is 0.462. The van der Waals surface area contributed by atoms with Gasteiger partial charge in [0.1, 0.15) is 11.8 Å². The van der Waals surface area contributed by atoms with Crippen molar-refractivity contribution in [1.82, 2.24) is 10.2 Å². The third-order valence-corrected chi connectivity index (χ3v) is 7.56. The molecule has 1 aliphatic carbocycles. The summed E-state index contributed by atoms with van der Waals surface area (Å²) in [5.74, 6) is 1.75. The molecule has 0 saturated heterocycles. The Morgan fingerprint density at radius 2 is 1.70 bits per heavy atom. The molecule has 0 radical (unpaired) electrons. The van der Waals surface area contributed by atoms with Crippen molar-refractivity contribution in [1.29, 1.82) is 0 Å². The summed E-state index contributed by atoms with van der Waals surface area (Å²) >= 11 is 5.02. The number of amides is 2. The molecular weight excluding hydrogens is 500 g/mol. The zero-order valence-electron chi connectivity index (χ0n) is 19.4. The number of benzene rings is 2. The van der Waals surface area contributed by atoms with Gasteiger partial charge in [-0.15, -0.1) is 11.8 Å². The minimum Gasteiger partial charge on any atom is -0.497 e. The highest BCUT2D eigenvalue weighted by Gasteiger charge is 2.28. The Labute approximate surface area is 209 Å². The van der Waals surface area contributed by atoms with Gasteiger partial charge in [-0.1, -0.05) is 59.5 Å². The van der Waals surface area contributed by atoms with Crippen molar-refractivity contribution in [2.45, 2.75) is 63.4 Å². The second-order valence-electron chi connectivity index (χ2n) is 8.51. The molecule has 1 aliphatic rings. The van der Waals surface area contributed by atoms with E-state index in [1.807, 2.05) is 43.3 Å². The SMILES string of the molecule is COc1ccc(CN(C(=O)CSCc2ccc(Br)cc2)[C@H](C)C(=O)NC2CCCCC2)cc1. The number of methoxy groups -OCH3 is 1. The number of ether oxygens (including phenoxy) is 1. The first-order chi connectivity index (χ1) is 16.0. The van der Waals surface area contributed by atoms with Crippen molar-refractivity contribution in [2.75, 3.05) is 12.9 Å². The maximum absolute atomic E-state index is 13.2. The largest absolute Gasteiger partial charge is 0.497 e. The smallest absolute Gasteiger partial charge is 0.242 e. The molecule has 0 aliphatic heterocycles. The number of halogens is 1. The van der Waals surface area contributed by atoms with Crippen molar-refractivity contribution in [2.24, 2.45) is 0 Å². The number of nitrogens with one attached hydrogen (secondary N) is 1. The Morgan fingerprint density at radius 1 is 1.06 bits per heavy atom. The van der Waals surface area contributed by atoms with Crippen LogP contribution in [0.2, 0.25) is 0 Å². The Hall–Kier alpha value is -1.99. The molecule has 178 valence electrons. The van der Waals surface area contributed by atoms with E-state index in [2.05, 4.69) is 33.4 Å². The van der Waals surface area contributed by atoms with Gasteiger partial charge in [-0.25, -0.2) is 0 Å². The Balaban J connectivity index is 1.65. The zero-order chi connectivity index (χ0) is 23.6. The number of carbonyl (C=O) groups excluding carboxylic acids is 2. The Bertz CT molecular complexity index is 899. The molecule has 1 fully saturated rings. The topological polar surface area (TPSA) is 58.6 Å². The van der Waals surface area contributed by atoms with E-state index in [1.165, 1.54) is 12.0 Å². The van der Waals surface area contributed by atoms with Crippen molar-refractivity contribution >= 4 is 39.5 Å². The molecular formula is C26H33BrN2O3S.